The number of nitrogens with one attached hydrogen (secondary N) is 2. The number of amides is 2. The Balaban J connectivity index is 2.08. The maximum Gasteiger partial charge on any atom is 0.319 e. The van der Waals surface area contributed by atoms with E-state index in [-0.39, 0.29) is 12.1 Å². The average Bonchev–Trinajstić information content (AvgIpc) is 2.51. The van der Waals surface area contributed by atoms with E-state index in [0.29, 0.717) is 16.5 Å². The molecule has 4 nitrogen and oxygen atoms in total. The highest BCUT2D eigenvalue weighted by Crippen LogP contribution is 2.20. The number of anilines is 1. The highest BCUT2D eigenvalue weighted by atomic mass is 35.5. The van der Waals surface area contributed by atoms with Gasteiger partial charge in [-0.15, -0.1) is 0 Å². The van der Waals surface area contributed by atoms with Crippen LogP contribution in [-0.4, -0.2) is 22.2 Å². The summed E-state index contributed by atoms with van der Waals surface area (Å²) in [5.74, 6) is 0.353. The average molecular weight is 351 g/mol. The zero-order chi connectivity index (χ0) is 16.8. The van der Waals surface area contributed by atoms with Crippen LogP contribution < -0.4 is 10.6 Å². The lowest BCUT2D eigenvalue weighted by molar-refractivity contribution is 0.249. The number of rotatable bonds is 5. The van der Waals surface area contributed by atoms with Crippen molar-refractivity contribution in [3.63, 3.8) is 0 Å². The molecule has 2 aromatic rings. The van der Waals surface area contributed by atoms with Crippen LogP contribution in [0.1, 0.15) is 17.2 Å². The number of hydrogen-bond acceptors (Lipinski definition) is 2. The zero-order valence-corrected chi connectivity index (χ0v) is 14.6. The van der Waals surface area contributed by atoms with E-state index in [9.17, 15) is 9.00 Å². The Hall–Kier alpha value is -1.85. The number of carbonyl (C=O) groups excluding carboxylic acids is 1. The SMILES string of the molecule is Cc1ccc(NC(=O)N[C@@H](C[S@](C)=O)c2ccccc2)cc1Cl. The van der Waals surface area contributed by atoms with Gasteiger partial charge in [0, 0.05) is 33.5 Å². The molecule has 2 rings (SSSR count). The molecule has 0 saturated carbocycles. The summed E-state index contributed by atoms with van der Waals surface area (Å²) < 4.78 is 11.6. The largest absolute Gasteiger partial charge is 0.330 e. The first kappa shape index (κ1) is 17.5. The highest BCUT2D eigenvalue weighted by Gasteiger charge is 2.16. The molecule has 0 aliphatic carbocycles. The van der Waals surface area contributed by atoms with Gasteiger partial charge >= 0.3 is 6.03 Å². The number of aryl methyl sites for hydroxylation is 1. The molecule has 2 aromatic carbocycles. The minimum absolute atomic E-state index is 0.317. The molecule has 0 radical (unpaired) electrons. The summed E-state index contributed by atoms with van der Waals surface area (Å²) in [5, 5.41) is 6.21. The van der Waals surface area contributed by atoms with Crippen molar-refractivity contribution in [2.45, 2.75) is 13.0 Å². The van der Waals surface area contributed by atoms with E-state index in [1.54, 1.807) is 18.4 Å². The van der Waals surface area contributed by atoms with E-state index in [1.165, 1.54) is 0 Å². The molecular weight excluding hydrogens is 332 g/mol. The standard InChI is InChI=1S/C17H19ClN2O2S/c1-12-8-9-14(10-15(12)18)19-17(21)20-16(11-23(2)22)13-6-4-3-5-7-13/h3-10,16H,11H2,1-2H3,(H2,19,20,21)/t16-,23-/m0/s1. The Bertz CT molecular complexity index is 707. The third-order valence-corrected chi connectivity index (χ3v) is 4.55. The molecule has 122 valence electrons. The number of urea groups is 1. The topological polar surface area (TPSA) is 58.2 Å². The second-order valence-electron chi connectivity index (χ2n) is 5.27. The van der Waals surface area contributed by atoms with E-state index >= 15 is 0 Å². The summed E-state index contributed by atoms with van der Waals surface area (Å²) in [4.78, 5) is 12.2. The van der Waals surface area contributed by atoms with Gasteiger partial charge in [0.25, 0.3) is 0 Å². The van der Waals surface area contributed by atoms with Gasteiger partial charge in [-0.3, -0.25) is 4.21 Å². The summed E-state index contributed by atoms with van der Waals surface area (Å²) in [6, 6.07) is 14.1. The van der Waals surface area contributed by atoms with Crippen molar-refractivity contribution in [3.05, 3.63) is 64.7 Å². The van der Waals surface area contributed by atoms with Gasteiger partial charge in [0.1, 0.15) is 0 Å². The Kier molecular flexibility index (Phi) is 6.19. The predicted molar refractivity (Wildman–Crippen MR) is 96.5 cm³/mol. The Morgan fingerprint density at radius 1 is 1.22 bits per heavy atom. The van der Waals surface area contributed by atoms with Crippen molar-refractivity contribution in [1.29, 1.82) is 0 Å². The number of carbonyl (C=O) groups is 1. The van der Waals surface area contributed by atoms with Crippen LogP contribution in [0.25, 0.3) is 0 Å². The van der Waals surface area contributed by atoms with Crippen LogP contribution in [0.3, 0.4) is 0 Å². The lowest BCUT2D eigenvalue weighted by Crippen LogP contribution is -2.35. The second kappa shape index (κ2) is 8.13. The van der Waals surface area contributed by atoms with Crippen LogP contribution in [0.5, 0.6) is 0 Å². The van der Waals surface area contributed by atoms with E-state index in [0.717, 1.165) is 11.1 Å². The Morgan fingerprint density at radius 3 is 2.52 bits per heavy atom. The second-order valence-corrected chi connectivity index (χ2v) is 7.15. The van der Waals surface area contributed by atoms with Crippen molar-refractivity contribution in [1.82, 2.24) is 5.32 Å². The molecule has 0 unspecified atom stereocenters. The molecule has 2 atom stereocenters. The molecule has 0 spiro atoms. The monoisotopic (exact) mass is 350 g/mol. The molecule has 0 saturated heterocycles. The molecule has 0 aliphatic heterocycles. The van der Waals surface area contributed by atoms with E-state index in [1.807, 2.05) is 43.3 Å². The lowest BCUT2D eigenvalue weighted by Gasteiger charge is -2.18. The molecular formula is C17H19ClN2O2S. The molecule has 2 N–H and O–H groups in total. The van der Waals surface area contributed by atoms with Gasteiger partial charge in [-0.25, -0.2) is 4.79 Å². The normalized spacial score (nSPS) is 13.2. The first-order valence-corrected chi connectivity index (χ1v) is 9.25. The summed E-state index contributed by atoms with van der Waals surface area (Å²) in [7, 11) is -1.03. The van der Waals surface area contributed by atoms with Crippen LogP contribution in [-0.2, 0) is 10.8 Å². The van der Waals surface area contributed by atoms with Crippen LogP contribution >= 0.6 is 11.6 Å². The fraction of sp³-hybridized carbons (Fsp3) is 0.235. The summed E-state index contributed by atoms with van der Waals surface area (Å²) in [6.07, 6.45) is 1.62. The molecule has 23 heavy (non-hydrogen) atoms. The minimum atomic E-state index is -1.03. The molecule has 0 bridgehead atoms. The quantitative estimate of drug-likeness (QED) is 0.859. The van der Waals surface area contributed by atoms with Crippen molar-refractivity contribution >= 4 is 34.1 Å². The van der Waals surface area contributed by atoms with Crippen LogP contribution in [0, 0.1) is 6.92 Å². The summed E-state index contributed by atoms with van der Waals surface area (Å²) in [5.41, 5.74) is 2.48. The predicted octanol–water partition coefficient (Wildman–Crippen LogP) is 3.89. The van der Waals surface area contributed by atoms with E-state index in [2.05, 4.69) is 10.6 Å². The first-order chi connectivity index (χ1) is 11.0. The Morgan fingerprint density at radius 2 is 1.91 bits per heavy atom. The van der Waals surface area contributed by atoms with Gasteiger partial charge in [-0.1, -0.05) is 48.0 Å². The van der Waals surface area contributed by atoms with E-state index in [4.69, 9.17) is 11.6 Å². The molecule has 2 amide bonds. The summed E-state index contributed by atoms with van der Waals surface area (Å²) in [6.45, 7) is 1.90. The van der Waals surface area contributed by atoms with Gasteiger partial charge in [-0.05, 0) is 30.2 Å². The third kappa shape index (κ3) is 5.37. The first-order valence-electron chi connectivity index (χ1n) is 7.14. The number of halogens is 1. The lowest BCUT2D eigenvalue weighted by atomic mass is 10.1. The molecule has 0 heterocycles. The smallest absolute Gasteiger partial charge is 0.319 e. The van der Waals surface area contributed by atoms with Crippen LogP contribution in [0.15, 0.2) is 48.5 Å². The van der Waals surface area contributed by atoms with Gasteiger partial charge in [-0.2, -0.15) is 0 Å². The van der Waals surface area contributed by atoms with Crippen molar-refractivity contribution in [2.75, 3.05) is 17.3 Å². The third-order valence-electron chi connectivity index (χ3n) is 3.34. The van der Waals surface area contributed by atoms with Crippen LogP contribution in [0.4, 0.5) is 10.5 Å². The fourth-order valence-corrected chi connectivity index (χ4v) is 3.06. The molecule has 0 fully saturated rings. The maximum absolute atomic E-state index is 12.2. The molecule has 0 aromatic heterocycles. The van der Waals surface area contributed by atoms with Gasteiger partial charge < -0.3 is 10.6 Å². The van der Waals surface area contributed by atoms with Crippen molar-refractivity contribution < 1.29 is 9.00 Å². The zero-order valence-electron chi connectivity index (χ0n) is 13.0. The molecule has 6 heteroatoms. The molecule has 0 aliphatic rings. The van der Waals surface area contributed by atoms with E-state index < -0.39 is 10.8 Å². The maximum atomic E-state index is 12.2. The Labute approximate surface area is 143 Å². The minimum Gasteiger partial charge on any atom is -0.330 e. The van der Waals surface area contributed by atoms with Gasteiger partial charge in [0.05, 0.1) is 6.04 Å². The van der Waals surface area contributed by atoms with Gasteiger partial charge in [0.2, 0.25) is 0 Å². The fourth-order valence-electron chi connectivity index (χ4n) is 2.14. The summed E-state index contributed by atoms with van der Waals surface area (Å²) >= 11 is 6.06. The number of hydrogen-bond donors (Lipinski definition) is 2. The van der Waals surface area contributed by atoms with Crippen molar-refractivity contribution in [2.24, 2.45) is 0 Å². The van der Waals surface area contributed by atoms with Gasteiger partial charge in [0.15, 0.2) is 0 Å². The van der Waals surface area contributed by atoms with Crippen molar-refractivity contribution in [3.8, 4) is 0 Å². The van der Waals surface area contributed by atoms with Crippen LogP contribution in [0.2, 0.25) is 5.02 Å². The number of benzene rings is 2. The highest BCUT2D eigenvalue weighted by molar-refractivity contribution is 7.84.